The zero-order valence-corrected chi connectivity index (χ0v) is 17.4. The number of carbonyl (C=O) groups excluding carboxylic acids is 2. The number of likely N-dealkylation sites (tertiary alicyclic amines) is 1. The first-order valence-electron chi connectivity index (χ1n) is 10.7. The molecule has 1 aromatic rings. The molecule has 0 bridgehead atoms. The van der Waals surface area contributed by atoms with Gasteiger partial charge in [0.25, 0.3) is 0 Å². The SMILES string of the molecule is CCCNC(=O)N1CCC2(CC1)NC(Cc1ccccc1)C(=O)N2C(C)CC. The molecule has 0 radical (unpaired) electrons. The second-order valence-electron chi connectivity index (χ2n) is 8.10. The maximum atomic E-state index is 13.3. The molecule has 28 heavy (non-hydrogen) atoms. The Morgan fingerprint density at radius 2 is 1.93 bits per heavy atom. The fourth-order valence-electron chi connectivity index (χ4n) is 4.45. The van der Waals surface area contributed by atoms with Crippen LogP contribution in [0.3, 0.4) is 0 Å². The first kappa shape index (κ1) is 20.6. The minimum atomic E-state index is -0.340. The Balaban J connectivity index is 1.73. The van der Waals surface area contributed by atoms with Gasteiger partial charge in [-0.3, -0.25) is 10.1 Å². The molecule has 0 aliphatic carbocycles. The summed E-state index contributed by atoms with van der Waals surface area (Å²) in [7, 11) is 0. The molecule has 2 saturated heterocycles. The van der Waals surface area contributed by atoms with Crippen LogP contribution in [-0.4, -0.2) is 59.1 Å². The summed E-state index contributed by atoms with van der Waals surface area (Å²) < 4.78 is 0. The number of hydrogen-bond donors (Lipinski definition) is 2. The Kier molecular flexibility index (Phi) is 6.60. The molecule has 2 fully saturated rings. The molecule has 3 amide bonds. The fourth-order valence-corrected chi connectivity index (χ4v) is 4.45. The highest BCUT2D eigenvalue weighted by Gasteiger charge is 2.52. The Hall–Kier alpha value is -2.08. The summed E-state index contributed by atoms with van der Waals surface area (Å²) in [6, 6.07) is 10.2. The number of nitrogens with zero attached hydrogens (tertiary/aromatic N) is 2. The predicted molar refractivity (Wildman–Crippen MR) is 111 cm³/mol. The molecule has 2 N–H and O–H groups in total. The van der Waals surface area contributed by atoms with Gasteiger partial charge < -0.3 is 15.1 Å². The van der Waals surface area contributed by atoms with Crippen molar-refractivity contribution in [2.24, 2.45) is 0 Å². The zero-order chi connectivity index (χ0) is 20.1. The second kappa shape index (κ2) is 8.95. The summed E-state index contributed by atoms with van der Waals surface area (Å²) in [6.45, 7) is 8.35. The van der Waals surface area contributed by atoms with Gasteiger partial charge in [-0.2, -0.15) is 0 Å². The van der Waals surface area contributed by atoms with Gasteiger partial charge in [0.1, 0.15) is 0 Å². The molecule has 6 heteroatoms. The van der Waals surface area contributed by atoms with Crippen LogP contribution < -0.4 is 10.6 Å². The van der Waals surface area contributed by atoms with Crippen LogP contribution in [-0.2, 0) is 11.2 Å². The minimum absolute atomic E-state index is 0.0111. The first-order valence-corrected chi connectivity index (χ1v) is 10.7. The van der Waals surface area contributed by atoms with Crippen molar-refractivity contribution in [3.63, 3.8) is 0 Å². The number of carbonyl (C=O) groups is 2. The van der Waals surface area contributed by atoms with Crippen molar-refractivity contribution in [3.05, 3.63) is 35.9 Å². The van der Waals surface area contributed by atoms with Crippen molar-refractivity contribution in [3.8, 4) is 0 Å². The Morgan fingerprint density at radius 1 is 1.25 bits per heavy atom. The van der Waals surface area contributed by atoms with Gasteiger partial charge in [0.2, 0.25) is 5.91 Å². The summed E-state index contributed by atoms with van der Waals surface area (Å²) >= 11 is 0. The molecule has 2 atom stereocenters. The van der Waals surface area contributed by atoms with Crippen LogP contribution in [0.25, 0.3) is 0 Å². The van der Waals surface area contributed by atoms with Gasteiger partial charge in [-0.05, 0) is 31.7 Å². The van der Waals surface area contributed by atoms with E-state index in [9.17, 15) is 9.59 Å². The van der Waals surface area contributed by atoms with Gasteiger partial charge in [-0.1, -0.05) is 44.2 Å². The molecule has 6 nitrogen and oxygen atoms in total. The third kappa shape index (κ3) is 4.17. The maximum Gasteiger partial charge on any atom is 0.317 e. The molecule has 154 valence electrons. The third-order valence-corrected chi connectivity index (χ3v) is 6.16. The number of nitrogens with one attached hydrogen (secondary N) is 2. The molecule has 2 heterocycles. The summed E-state index contributed by atoms with van der Waals surface area (Å²) in [5.74, 6) is 0.196. The molecule has 0 saturated carbocycles. The summed E-state index contributed by atoms with van der Waals surface area (Å²) in [4.78, 5) is 29.6. The van der Waals surface area contributed by atoms with Gasteiger partial charge in [0.05, 0.1) is 11.7 Å². The van der Waals surface area contributed by atoms with E-state index < -0.39 is 0 Å². The van der Waals surface area contributed by atoms with Crippen LogP contribution in [0.4, 0.5) is 4.79 Å². The van der Waals surface area contributed by atoms with Crippen molar-refractivity contribution in [1.82, 2.24) is 20.4 Å². The minimum Gasteiger partial charge on any atom is -0.338 e. The van der Waals surface area contributed by atoms with Crippen LogP contribution >= 0.6 is 0 Å². The Labute approximate surface area is 168 Å². The molecule has 2 aliphatic rings. The van der Waals surface area contributed by atoms with Gasteiger partial charge in [-0.15, -0.1) is 0 Å². The summed E-state index contributed by atoms with van der Waals surface area (Å²) in [6.07, 6.45) is 4.10. The highest BCUT2D eigenvalue weighted by atomic mass is 16.2. The standard InChI is InChI=1S/C22H34N4O2/c1-4-13-23-21(28)25-14-11-22(12-15-25)24-19(16-18-9-7-6-8-10-18)20(27)26(22)17(3)5-2/h6-10,17,19,24H,4-5,11-16H2,1-3H3,(H,23,28). The van der Waals surface area contributed by atoms with Crippen molar-refractivity contribution in [2.45, 2.75) is 70.6 Å². The number of urea groups is 1. The lowest BCUT2D eigenvalue weighted by Crippen LogP contribution is -2.62. The largest absolute Gasteiger partial charge is 0.338 e. The van der Waals surface area contributed by atoms with Crippen molar-refractivity contribution in [2.75, 3.05) is 19.6 Å². The highest BCUT2D eigenvalue weighted by molar-refractivity contribution is 5.86. The van der Waals surface area contributed by atoms with E-state index in [2.05, 4.69) is 48.4 Å². The fraction of sp³-hybridized carbons (Fsp3) is 0.636. The summed E-state index contributed by atoms with van der Waals surface area (Å²) in [5, 5.41) is 6.65. The number of benzene rings is 1. The quantitative estimate of drug-likeness (QED) is 0.790. The molecule has 0 aromatic heterocycles. The topological polar surface area (TPSA) is 64.7 Å². The number of rotatable bonds is 6. The van der Waals surface area contributed by atoms with Gasteiger partial charge in [-0.25, -0.2) is 4.79 Å². The number of piperidine rings is 1. The lowest BCUT2D eigenvalue weighted by atomic mass is 9.94. The van der Waals surface area contributed by atoms with E-state index in [1.807, 2.05) is 23.1 Å². The van der Waals surface area contributed by atoms with Gasteiger partial charge in [0.15, 0.2) is 0 Å². The van der Waals surface area contributed by atoms with E-state index in [1.165, 1.54) is 5.56 Å². The van der Waals surface area contributed by atoms with Crippen molar-refractivity contribution >= 4 is 11.9 Å². The number of hydrogen-bond acceptors (Lipinski definition) is 3. The average molecular weight is 387 g/mol. The first-order chi connectivity index (χ1) is 13.5. The molecule has 1 aromatic carbocycles. The van der Waals surface area contributed by atoms with E-state index in [0.717, 1.165) is 25.7 Å². The monoisotopic (exact) mass is 386 g/mol. The number of amides is 3. The molecule has 2 aliphatic heterocycles. The summed E-state index contributed by atoms with van der Waals surface area (Å²) in [5.41, 5.74) is 0.832. The molecule has 2 unspecified atom stereocenters. The van der Waals surface area contributed by atoms with Crippen molar-refractivity contribution < 1.29 is 9.59 Å². The lowest BCUT2D eigenvalue weighted by molar-refractivity contribution is -0.136. The van der Waals surface area contributed by atoms with E-state index in [-0.39, 0.29) is 29.7 Å². The Bertz CT molecular complexity index is 670. The predicted octanol–water partition coefficient (Wildman–Crippen LogP) is 2.74. The smallest absolute Gasteiger partial charge is 0.317 e. The van der Waals surface area contributed by atoms with Crippen LogP contribution in [0.1, 0.15) is 52.0 Å². The maximum absolute atomic E-state index is 13.3. The molecule has 3 rings (SSSR count). The van der Waals surface area contributed by atoms with Crippen LogP contribution in [0.15, 0.2) is 30.3 Å². The average Bonchev–Trinajstić information content (AvgIpc) is 2.97. The van der Waals surface area contributed by atoms with Crippen LogP contribution in [0.5, 0.6) is 0 Å². The highest BCUT2D eigenvalue weighted by Crippen LogP contribution is 2.35. The van der Waals surface area contributed by atoms with Crippen LogP contribution in [0.2, 0.25) is 0 Å². The van der Waals surface area contributed by atoms with E-state index in [0.29, 0.717) is 26.1 Å². The van der Waals surface area contributed by atoms with Gasteiger partial charge >= 0.3 is 6.03 Å². The normalized spacial score (nSPS) is 22.5. The molecular weight excluding hydrogens is 352 g/mol. The Morgan fingerprint density at radius 3 is 2.54 bits per heavy atom. The van der Waals surface area contributed by atoms with E-state index in [1.54, 1.807) is 0 Å². The molecule has 1 spiro atoms. The molecular formula is C22H34N4O2. The third-order valence-electron chi connectivity index (χ3n) is 6.16. The zero-order valence-electron chi connectivity index (χ0n) is 17.4. The van der Waals surface area contributed by atoms with E-state index >= 15 is 0 Å². The lowest BCUT2D eigenvalue weighted by Gasteiger charge is -2.46. The second-order valence-corrected chi connectivity index (χ2v) is 8.10. The van der Waals surface area contributed by atoms with E-state index in [4.69, 9.17) is 0 Å². The van der Waals surface area contributed by atoms with Crippen LogP contribution in [0, 0.1) is 0 Å². The van der Waals surface area contributed by atoms with Gasteiger partial charge in [0, 0.05) is 38.5 Å². The van der Waals surface area contributed by atoms with Crippen molar-refractivity contribution in [1.29, 1.82) is 0 Å².